The number of aromatic nitrogens is 3. The zero-order chi connectivity index (χ0) is 19.6. The summed E-state index contributed by atoms with van der Waals surface area (Å²) in [5.41, 5.74) is 0.162. The zero-order valence-corrected chi connectivity index (χ0v) is 16.3. The largest absolute Gasteiger partial charge is 0.349 e. The topological polar surface area (TPSA) is 68.9 Å². The lowest BCUT2D eigenvalue weighted by molar-refractivity contribution is 0.0933. The van der Waals surface area contributed by atoms with Gasteiger partial charge in [0.05, 0.1) is 10.6 Å². The smallest absolute Gasteiger partial charge is 0.345 e. The summed E-state index contributed by atoms with van der Waals surface area (Å²) in [6.45, 7) is 5.37. The SMILES string of the molecule is CC(C)CCn1nc2n(c1=O)CCC(NC(=O)c1ccc(F)cc1Cl)CC2. The van der Waals surface area contributed by atoms with Gasteiger partial charge in [-0.25, -0.2) is 13.9 Å². The van der Waals surface area contributed by atoms with Crippen LogP contribution in [0.15, 0.2) is 23.0 Å². The lowest BCUT2D eigenvalue weighted by Gasteiger charge is -2.16. The molecule has 8 heteroatoms. The number of halogens is 2. The first-order valence-electron chi connectivity index (χ1n) is 9.27. The fourth-order valence-electron chi connectivity index (χ4n) is 3.24. The van der Waals surface area contributed by atoms with Gasteiger partial charge in [0.15, 0.2) is 0 Å². The van der Waals surface area contributed by atoms with Crippen molar-refractivity contribution in [3.8, 4) is 0 Å². The molecule has 6 nitrogen and oxygen atoms in total. The molecular weight excluding hydrogens is 371 g/mol. The van der Waals surface area contributed by atoms with Crippen molar-refractivity contribution in [1.29, 1.82) is 0 Å². The maximum atomic E-state index is 13.2. The lowest BCUT2D eigenvalue weighted by Crippen LogP contribution is -2.36. The van der Waals surface area contributed by atoms with Crippen molar-refractivity contribution in [3.63, 3.8) is 0 Å². The van der Waals surface area contributed by atoms with Crippen molar-refractivity contribution in [2.24, 2.45) is 5.92 Å². The molecule has 0 spiro atoms. The third kappa shape index (κ3) is 4.58. The Balaban J connectivity index is 1.65. The van der Waals surface area contributed by atoms with Crippen LogP contribution in [-0.2, 0) is 19.5 Å². The maximum Gasteiger partial charge on any atom is 0.345 e. The number of aryl methyl sites for hydroxylation is 2. The number of carbonyl (C=O) groups excluding carboxylic acids is 1. The van der Waals surface area contributed by atoms with Crippen molar-refractivity contribution < 1.29 is 9.18 Å². The van der Waals surface area contributed by atoms with Crippen LogP contribution in [0.3, 0.4) is 0 Å². The Kier molecular flexibility index (Phi) is 5.99. The average molecular weight is 395 g/mol. The predicted molar refractivity (Wildman–Crippen MR) is 102 cm³/mol. The predicted octanol–water partition coefficient (Wildman–Crippen LogP) is 3.02. The lowest BCUT2D eigenvalue weighted by atomic mass is 10.1. The minimum absolute atomic E-state index is 0.0841. The van der Waals surface area contributed by atoms with E-state index in [0.29, 0.717) is 38.3 Å². The molecule has 0 saturated carbocycles. The van der Waals surface area contributed by atoms with Gasteiger partial charge in [0, 0.05) is 25.6 Å². The molecule has 3 rings (SSSR count). The Morgan fingerprint density at radius 2 is 2.19 bits per heavy atom. The van der Waals surface area contributed by atoms with Gasteiger partial charge in [-0.1, -0.05) is 25.4 Å². The summed E-state index contributed by atoms with van der Waals surface area (Å²) in [4.78, 5) is 25.0. The highest BCUT2D eigenvalue weighted by Crippen LogP contribution is 2.19. The van der Waals surface area contributed by atoms with E-state index in [4.69, 9.17) is 11.6 Å². The summed E-state index contributed by atoms with van der Waals surface area (Å²) in [6, 6.07) is 3.62. The normalized spacial score (nSPS) is 16.9. The van der Waals surface area contributed by atoms with E-state index >= 15 is 0 Å². The van der Waals surface area contributed by atoms with Crippen molar-refractivity contribution in [2.75, 3.05) is 0 Å². The highest BCUT2D eigenvalue weighted by molar-refractivity contribution is 6.33. The van der Waals surface area contributed by atoms with Crippen LogP contribution < -0.4 is 11.0 Å². The molecule has 1 unspecified atom stereocenters. The summed E-state index contributed by atoms with van der Waals surface area (Å²) >= 11 is 5.96. The summed E-state index contributed by atoms with van der Waals surface area (Å²) in [5, 5.41) is 7.49. The Morgan fingerprint density at radius 1 is 1.41 bits per heavy atom. The second-order valence-electron chi connectivity index (χ2n) is 7.38. The van der Waals surface area contributed by atoms with Crippen molar-refractivity contribution in [2.45, 2.75) is 58.7 Å². The van der Waals surface area contributed by atoms with Gasteiger partial charge in [-0.15, -0.1) is 0 Å². The van der Waals surface area contributed by atoms with Gasteiger partial charge >= 0.3 is 5.69 Å². The summed E-state index contributed by atoms with van der Waals surface area (Å²) in [5.74, 6) is 0.459. The molecule has 0 aliphatic carbocycles. The van der Waals surface area contributed by atoms with Crippen LogP contribution in [0.5, 0.6) is 0 Å². The van der Waals surface area contributed by atoms with Crippen LogP contribution in [0, 0.1) is 11.7 Å². The first kappa shape index (κ1) is 19.6. The van der Waals surface area contributed by atoms with Crippen LogP contribution in [0.1, 0.15) is 49.3 Å². The summed E-state index contributed by atoms with van der Waals surface area (Å²) < 4.78 is 16.4. The molecule has 2 aromatic rings. The number of fused-ring (bicyclic) bond motifs is 1. The number of nitrogens with one attached hydrogen (secondary N) is 1. The minimum Gasteiger partial charge on any atom is -0.349 e. The third-order valence-corrected chi connectivity index (χ3v) is 5.16. The van der Waals surface area contributed by atoms with E-state index in [1.165, 1.54) is 12.1 Å². The van der Waals surface area contributed by atoms with E-state index in [-0.39, 0.29) is 28.2 Å². The second-order valence-corrected chi connectivity index (χ2v) is 7.79. The fourth-order valence-corrected chi connectivity index (χ4v) is 3.49. The van der Waals surface area contributed by atoms with E-state index in [1.807, 2.05) is 0 Å². The van der Waals surface area contributed by atoms with Crippen LogP contribution in [0.4, 0.5) is 4.39 Å². The molecule has 0 radical (unpaired) electrons. The molecule has 1 aliphatic heterocycles. The molecule has 146 valence electrons. The number of nitrogens with zero attached hydrogens (tertiary/aromatic N) is 3. The fraction of sp³-hybridized carbons (Fsp3) is 0.526. The molecule has 1 N–H and O–H groups in total. The molecule has 2 heterocycles. The Bertz CT molecular complexity index is 890. The molecule has 0 bridgehead atoms. The second kappa shape index (κ2) is 8.25. The average Bonchev–Trinajstić information content (AvgIpc) is 2.76. The number of hydrogen-bond acceptors (Lipinski definition) is 3. The molecule has 1 atom stereocenters. The van der Waals surface area contributed by atoms with Crippen molar-refractivity contribution >= 4 is 17.5 Å². The molecule has 0 fully saturated rings. The van der Waals surface area contributed by atoms with Crippen LogP contribution in [-0.4, -0.2) is 26.3 Å². The molecule has 1 aromatic carbocycles. The first-order chi connectivity index (χ1) is 12.8. The zero-order valence-electron chi connectivity index (χ0n) is 15.5. The van der Waals surface area contributed by atoms with Crippen LogP contribution >= 0.6 is 11.6 Å². The molecule has 1 amide bonds. The van der Waals surface area contributed by atoms with Gasteiger partial charge < -0.3 is 5.32 Å². The third-order valence-electron chi connectivity index (χ3n) is 4.85. The van der Waals surface area contributed by atoms with Gasteiger partial charge in [0.2, 0.25) is 0 Å². The number of amides is 1. The Hall–Kier alpha value is -2.15. The number of benzene rings is 1. The van der Waals surface area contributed by atoms with Crippen molar-refractivity contribution in [1.82, 2.24) is 19.7 Å². The highest BCUT2D eigenvalue weighted by atomic mass is 35.5. The van der Waals surface area contributed by atoms with Gasteiger partial charge in [-0.2, -0.15) is 5.10 Å². The number of hydrogen-bond donors (Lipinski definition) is 1. The monoisotopic (exact) mass is 394 g/mol. The number of rotatable bonds is 5. The maximum absolute atomic E-state index is 13.2. The van der Waals surface area contributed by atoms with E-state index in [0.717, 1.165) is 18.3 Å². The van der Waals surface area contributed by atoms with Gasteiger partial charge in [-0.05, 0) is 43.4 Å². The Labute approximate surface area is 162 Å². The molecular formula is C19H24ClFN4O2. The highest BCUT2D eigenvalue weighted by Gasteiger charge is 2.23. The molecule has 1 aliphatic rings. The van der Waals surface area contributed by atoms with Gasteiger partial charge in [0.1, 0.15) is 11.6 Å². The summed E-state index contributed by atoms with van der Waals surface area (Å²) in [7, 11) is 0. The molecule has 0 saturated heterocycles. The van der Waals surface area contributed by atoms with Gasteiger partial charge in [-0.3, -0.25) is 9.36 Å². The van der Waals surface area contributed by atoms with Gasteiger partial charge in [0.25, 0.3) is 5.91 Å². The van der Waals surface area contributed by atoms with E-state index < -0.39 is 5.82 Å². The van der Waals surface area contributed by atoms with Crippen molar-refractivity contribution in [3.05, 3.63) is 50.9 Å². The van der Waals surface area contributed by atoms with Crippen LogP contribution in [0.25, 0.3) is 0 Å². The quantitative estimate of drug-likeness (QED) is 0.847. The standard InChI is InChI=1S/C19H24ClFN4O2/c1-12(2)7-10-25-19(27)24-9-8-14(4-6-17(24)23-25)22-18(26)15-5-3-13(21)11-16(15)20/h3,5,11-12,14H,4,6-10H2,1-2H3,(H,22,26). The first-order valence-corrected chi connectivity index (χ1v) is 9.65. The van der Waals surface area contributed by atoms with E-state index in [1.54, 1.807) is 9.25 Å². The molecule has 27 heavy (non-hydrogen) atoms. The Morgan fingerprint density at radius 3 is 2.89 bits per heavy atom. The van der Waals surface area contributed by atoms with E-state index in [9.17, 15) is 14.0 Å². The van der Waals surface area contributed by atoms with E-state index in [2.05, 4.69) is 24.3 Å². The minimum atomic E-state index is -0.481. The summed E-state index contributed by atoms with van der Waals surface area (Å²) in [6.07, 6.45) is 2.85. The molecule has 1 aromatic heterocycles. The number of carbonyl (C=O) groups is 1. The van der Waals surface area contributed by atoms with Crippen LogP contribution in [0.2, 0.25) is 5.02 Å².